The van der Waals surface area contributed by atoms with E-state index in [4.69, 9.17) is 4.74 Å². The van der Waals surface area contributed by atoms with Crippen LogP contribution in [0.2, 0.25) is 0 Å². The number of rotatable bonds is 10. The Morgan fingerprint density at radius 2 is 2.00 bits per heavy atom. The van der Waals surface area contributed by atoms with E-state index in [1.54, 1.807) is 35.7 Å². The molecule has 0 aliphatic rings. The lowest BCUT2D eigenvalue weighted by atomic mass is 10.3. The van der Waals surface area contributed by atoms with Crippen LogP contribution in [0.25, 0.3) is 10.2 Å². The summed E-state index contributed by atoms with van der Waals surface area (Å²) in [6, 6.07) is 12.4. The number of hydrogen-bond acceptors (Lipinski definition) is 5. The first-order valence-electron chi connectivity index (χ1n) is 9.81. The fourth-order valence-electron chi connectivity index (χ4n) is 2.90. The molecule has 4 nitrogen and oxygen atoms in total. The zero-order chi connectivity index (χ0) is 21.3. The summed E-state index contributed by atoms with van der Waals surface area (Å²) in [4.78, 5) is 18.6. The van der Waals surface area contributed by atoms with Crippen molar-refractivity contribution in [3.05, 3.63) is 53.1 Å². The first-order chi connectivity index (χ1) is 14.6. The lowest BCUT2D eigenvalue weighted by molar-refractivity contribution is -0.118. The monoisotopic (exact) mass is 464 g/mol. The predicted octanol–water partition coefficient (Wildman–Crippen LogP) is 5.60. The molecule has 0 radical (unpaired) electrons. The van der Waals surface area contributed by atoms with Gasteiger partial charge in [0.05, 0.1) is 16.8 Å². The highest BCUT2D eigenvalue weighted by Gasteiger charge is 2.09. The Morgan fingerprint density at radius 3 is 2.73 bits per heavy atom. The van der Waals surface area contributed by atoms with Crippen LogP contribution in [0.4, 0.5) is 4.39 Å². The largest absolute Gasteiger partial charge is 0.494 e. The molecule has 1 aromatic heterocycles. The van der Waals surface area contributed by atoms with Gasteiger partial charge in [-0.3, -0.25) is 4.79 Å². The SMILES string of the molecule is CCOc1ccc2c(c1)sc(=NC(=O)CCCSc1ccc(F)cc1)n2CCSC. The van der Waals surface area contributed by atoms with Gasteiger partial charge in [-0.05, 0) is 67.8 Å². The Balaban J connectivity index is 1.69. The van der Waals surface area contributed by atoms with E-state index in [9.17, 15) is 9.18 Å². The molecule has 0 unspecified atom stereocenters. The normalized spacial score (nSPS) is 11.9. The van der Waals surface area contributed by atoms with Crippen LogP contribution in [0.5, 0.6) is 5.75 Å². The fourth-order valence-corrected chi connectivity index (χ4v) is 5.22. The van der Waals surface area contributed by atoms with Gasteiger partial charge in [-0.1, -0.05) is 11.3 Å². The Kier molecular flexibility index (Phi) is 8.84. The van der Waals surface area contributed by atoms with Gasteiger partial charge in [0.15, 0.2) is 4.80 Å². The summed E-state index contributed by atoms with van der Waals surface area (Å²) in [5.74, 6) is 2.24. The van der Waals surface area contributed by atoms with Crippen LogP contribution >= 0.6 is 34.9 Å². The maximum atomic E-state index is 13.0. The molecule has 3 rings (SSSR count). The van der Waals surface area contributed by atoms with Gasteiger partial charge in [-0.25, -0.2) is 4.39 Å². The van der Waals surface area contributed by atoms with Crippen molar-refractivity contribution in [1.82, 2.24) is 4.57 Å². The molecule has 160 valence electrons. The topological polar surface area (TPSA) is 43.6 Å². The number of hydrogen-bond donors (Lipinski definition) is 0. The summed E-state index contributed by atoms with van der Waals surface area (Å²) in [7, 11) is 0. The predicted molar refractivity (Wildman–Crippen MR) is 126 cm³/mol. The van der Waals surface area contributed by atoms with E-state index in [0.717, 1.165) is 50.1 Å². The average molecular weight is 465 g/mol. The van der Waals surface area contributed by atoms with Crippen LogP contribution in [0.15, 0.2) is 52.4 Å². The van der Waals surface area contributed by atoms with Crippen LogP contribution in [0, 0.1) is 5.82 Å². The third-order valence-corrected chi connectivity index (χ3v) is 7.05. The Morgan fingerprint density at radius 1 is 1.20 bits per heavy atom. The van der Waals surface area contributed by atoms with Crippen molar-refractivity contribution in [2.24, 2.45) is 4.99 Å². The van der Waals surface area contributed by atoms with E-state index in [0.29, 0.717) is 13.0 Å². The van der Waals surface area contributed by atoms with Gasteiger partial charge in [-0.2, -0.15) is 16.8 Å². The molecule has 0 saturated carbocycles. The minimum atomic E-state index is -0.236. The zero-order valence-electron chi connectivity index (χ0n) is 17.1. The van der Waals surface area contributed by atoms with Crippen molar-refractivity contribution in [2.75, 3.05) is 24.4 Å². The van der Waals surface area contributed by atoms with Crippen molar-refractivity contribution in [3.63, 3.8) is 0 Å². The number of thioether (sulfide) groups is 2. The highest BCUT2D eigenvalue weighted by molar-refractivity contribution is 7.99. The fraction of sp³-hybridized carbons (Fsp3) is 0.364. The summed E-state index contributed by atoms with van der Waals surface area (Å²) in [6.45, 7) is 3.39. The van der Waals surface area contributed by atoms with Crippen molar-refractivity contribution in [2.45, 2.75) is 31.2 Å². The van der Waals surface area contributed by atoms with Crippen LogP contribution in [0.3, 0.4) is 0 Å². The Labute approximate surface area is 188 Å². The summed E-state index contributed by atoms with van der Waals surface area (Å²) in [5.41, 5.74) is 1.08. The third-order valence-electron chi connectivity index (χ3n) is 4.32. The second-order valence-corrected chi connectivity index (χ2v) is 9.67. The molecule has 0 bridgehead atoms. The zero-order valence-corrected chi connectivity index (χ0v) is 19.5. The van der Waals surface area contributed by atoms with Crippen LogP contribution < -0.4 is 9.54 Å². The van der Waals surface area contributed by atoms with E-state index in [1.807, 2.05) is 25.1 Å². The third kappa shape index (κ3) is 6.36. The second-order valence-electron chi connectivity index (χ2n) is 6.50. The van der Waals surface area contributed by atoms with Crippen molar-refractivity contribution in [1.29, 1.82) is 0 Å². The number of ether oxygens (including phenoxy) is 1. The first-order valence-corrected chi connectivity index (χ1v) is 13.0. The molecular formula is C22H25FN2O2S3. The minimum absolute atomic E-state index is 0.107. The van der Waals surface area contributed by atoms with Gasteiger partial charge < -0.3 is 9.30 Å². The summed E-state index contributed by atoms with van der Waals surface area (Å²) >= 11 is 4.92. The smallest absolute Gasteiger partial charge is 0.248 e. The molecule has 0 fully saturated rings. The number of nitrogens with zero attached hydrogens (tertiary/aromatic N) is 2. The number of carbonyl (C=O) groups excluding carboxylic acids is 1. The number of thiazole rings is 1. The number of aryl methyl sites for hydroxylation is 1. The van der Waals surface area contributed by atoms with Gasteiger partial charge in [0.1, 0.15) is 11.6 Å². The maximum Gasteiger partial charge on any atom is 0.248 e. The van der Waals surface area contributed by atoms with E-state index in [1.165, 1.54) is 23.5 Å². The van der Waals surface area contributed by atoms with E-state index in [2.05, 4.69) is 15.8 Å². The quantitative estimate of drug-likeness (QED) is 0.289. The van der Waals surface area contributed by atoms with Gasteiger partial charge >= 0.3 is 0 Å². The number of carbonyl (C=O) groups is 1. The standard InChI is InChI=1S/C22H25FN2O2S3/c1-3-27-17-8-11-19-20(15-17)30-22(25(19)12-14-28-2)24-21(26)5-4-13-29-18-9-6-16(23)7-10-18/h6-11,15H,3-5,12-14H2,1-2H3. The van der Waals surface area contributed by atoms with Gasteiger partial charge in [0, 0.05) is 23.6 Å². The Hall–Kier alpha value is -1.77. The first kappa shape index (κ1) is 22.9. The molecule has 8 heteroatoms. The van der Waals surface area contributed by atoms with Crippen molar-refractivity contribution in [3.8, 4) is 5.75 Å². The van der Waals surface area contributed by atoms with E-state index < -0.39 is 0 Å². The molecule has 0 aliphatic heterocycles. The Bertz CT molecular complexity index is 1040. The van der Waals surface area contributed by atoms with Crippen molar-refractivity contribution < 1.29 is 13.9 Å². The molecule has 3 aromatic rings. The highest BCUT2D eigenvalue weighted by atomic mass is 32.2. The highest BCUT2D eigenvalue weighted by Crippen LogP contribution is 2.24. The molecule has 0 N–H and O–H groups in total. The summed E-state index contributed by atoms with van der Waals surface area (Å²) in [5, 5.41) is 0. The average Bonchev–Trinajstić information content (AvgIpc) is 3.07. The van der Waals surface area contributed by atoms with Crippen LogP contribution in [-0.2, 0) is 11.3 Å². The van der Waals surface area contributed by atoms with Gasteiger partial charge in [-0.15, -0.1) is 11.8 Å². The number of benzene rings is 2. The molecule has 1 heterocycles. The molecule has 30 heavy (non-hydrogen) atoms. The maximum absolute atomic E-state index is 13.0. The lowest BCUT2D eigenvalue weighted by Crippen LogP contribution is -2.18. The van der Waals surface area contributed by atoms with Crippen molar-refractivity contribution >= 4 is 51.0 Å². The molecule has 0 atom stereocenters. The van der Waals surface area contributed by atoms with E-state index in [-0.39, 0.29) is 11.7 Å². The van der Waals surface area contributed by atoms with Gasteiger partial charge in [0.2, 0.25) is 5.91 Å². The lowest BCUT2D eigenvalue weighted by Gasteiger charge is -2.05. The number of halogens is 1. The van der Waals surface area contributed by atoms with Crippen LogP contribution in [0.1, 0.15) is 19.8 Å². The van der Waals surface area contributed by atoms with E-state index >= 15 is 0 Å². The molecular weight excluding hydrogens is 439 g/mol. The molecule has 2 aromatic carbocycles. The second kappa shape index (κ2) is 11.6. The molecule has 0 saturated heterocycles. The minimum Gasteiger partial charge on any atom is -0.494 e. The molecule has 1 amide bonds. The molecule has 0 spiro atoms. The summed E-state index contributed by atoms with van der Waals surface area (Å²) in [6.07, 6.45) is 3.20. The number of amides is 1. The molecule has 0 aliphatic carbocycles. The summed E-state index contributed by atoms with van der Waals surface area (Å²) < 4.78 is 21.8. The number of aromatic nitrogens is 1. The number of fused-ring (bicyclic) bond motifs is 1. The van der Waals surface area contributed by atoms with Gasteiger partial charge in [0.25, 0.3) is 0 Å². The van der Waals surface area contributed by atoms with Crippen LogP contribution in [-0.4, -0.2) is 34.8 Å².